The molecular weight excluding hydrogens is 362 g/mol. The van der Waals surface area contributed by atoms with Gasteiger partial charge >= 0.3 is 6.09 Å². The van der Waals surface area contributed by atoms with E-state index in [1.54, 1.807) is 48.7 Å². The van der Waals surface area contributed by atoms with Crippen molar-refractivity contribution in [2.24, 2.45) is 0 Å². The van der Waals surface area contributed by atoms with Gasteiger partial charge < -0.3 is 25.1 Å². The molecule has 1 unspecified atom stereocenters. The number of hydrogen-bond acceptors (Lipinski definition) is 6. The van der Waals surface area contributed by atoms with Crippen LogP contribution in [0, 0.1) is 0 Å². The topological polar surface area (TPSA) is 109 Å². The van der Waals surface area contributed by atoms with Gasteiger partial charge in [0.2, 0.25) is 0 Å². The lowest BCUT2D eigenvalue weighted by molar-refractivity contribution is 0.177. The maximum Gasteiger partial charge on any atom is 0.413 e. The molecule has 4 N–H and O–H groups in total. The second-order valence-corrected chi connectivity index (χ2v) is 6.64. The number of carbonyl (C=O) groups is 1. The Labute approximate surface area is 153 Å². The van der Waals surface area contributed by atoms with Gasteiger partial charge in [-0.2, -0.15) is 0 Å². The number of amides is 1. The van der Waals surface area contributed by atoms with E-state index >= 15 is 0 Å². The van der Waals surface area contributed by atoms with Gasteiger partial charge in [0.05, 0.1) is 18.5 Å². The highest BCUT2D eigenvalue weighted by molar-refractivity contribution is 7.90. The minimum atomic E-state index is -1.04. The minimum absolute atomic E-state index is 0.0652. The van der Waals surface area contributed by atoms with Crippen LogP contribution in [0.25, 0.3) is 0 Å². The van der Waals surface area contributed by atoms with Crippen LogP contribution < -0.4 is 21.1 Å². The molecule has 25 heavy (non-hydrogen) atoms. The number of hydrogen-bond donors (Lipinski definition) is 3. The predicted molar refractivity (Wildman–Crippen MR) is 101 cm³/mol. The number of anilines is 2. The number of thiocarbonyl (C=S) groups is 1. The first-order valence-electron chi connectivity index (χ1n) is 7.06. The van der Waals surface area contributed by atoms with Gasteiger partial charge in [-0.25, -0.2) is 4.79 Å². The maximum absolute atomic E-state index is 11.4. The fraction of sp³-hybridized carbons (Fsp3) is 0.125. The zero-order chi connectivity index (χ0) is 18.4. The molecule has 0 heterocycles. The van der Waals surface area contributed by atoms with E-state index in [-0.39, 0.29) is 5.11 Å². The third kappa shape index (κ3) is 5.52. The molecule has 132 valence electrons. The number of nitrogen functional groups attached to an aromatic ring is 1. The number of methoxy groups -OCH3 is 1. The van der Waals surface area contributed by atoms with Crippen molar-refractivity contribution in [3.8, 4) is 11.5 Å². The SMILES string of the molecule is COC(=O)NC(=S)Nc1ccc(Oc2ccc([S+](C)[O-])cc2)cc1N. The zero-order valence-corrected chi connectivity index (χ0v) is 15.2. The average molecular weight is 379 g/mol. The molecule has 0 aliphatic carbocycles. The Bertz CT molecular complexity index is 766. The summed E-state index contributed by atoms with van der Waals surface area (Å²) in [6, 6.07) is 11.9. The van der Waals surface area contributed by atoms with Crippen LogP contribution in [0.1, 0.15) is 0 Å². The van der Waals surface area contributed by atoms with Crippen LogP contribution in [0.2, 0.25) is 0 Å². The number of benzene rings is 2. The van der Waals surface area contributed by atoms with E-state index in [2.05, 4.69) is 15.4 Å². The quantitative estimate of drug-likeness (QED) is 0.426. The van der Waals surface area contributed by atoms with Crippen molar-refractivity contribution >= 4 is 46.0 Å². The molecule has 0 aromatic heterocycles. The van der Waals surface area contributed by atoms with E-state index in [4.69, 9.17) is 22.7 Å². The Morgan fingerprint density at radius 2 is 1.84 bits per heavy atom. The monoisotopic (exact) mass is 379 g/mol. The lowest BCUT2D eigenvalue weighted by Gasteiger charge is -2.13. The molecule has 1 amide bonds. The molecule has 0 saturated carbocycles. The van der Waals surface area contributed by atoms with Crippen LogP contribution in [0.15, 0.2) is 47.4 Å². The lowest BCUT2D eigenvalue weighted by atomic mass is 10.2. The van der Waals surface area contributed by atoms with Gasteiger partial charge in [-0.1, -0.05) is 0 Å². The van der Waals surface area contributed by atoms with Gasteiger partial charge in [-0.05, 0) is 59.8 Å². The summed E-state index contributed by atoms with van der Waals surface area (Å²) in [4.78, 5) is 11.8. The van der Waals surface area contributed by atoms with E-state index in [0.717, 1.165) is 4.90 Å². The fourth-order valence-electron chi connectivity index (χ4n) is 1.85. The third-order valence-electron chi connectivity index (χ3n) is 3.06. The van der Waals surface area contributed by atoms with Gasteiger partial charge in [-0.15, -0.1) is 0 Å². The molecule has 2 aromatic rings. The first kappa shape index (κ1) is 18.8. The molecule has 0 aliphatic heterocycles. The molecule has 9 heteroatoms. The smallest absolute Gasteiger partial charge is 0.413 e. The molecule has 0 spiro atoms. The van der Waals surface area contributed by atoms with Crippen LogP contribution >= 0.6 is 12.2 Å². The summed E-state index contributed by atoms with van der Waals surface area (Å²) in [7, 11) is 1.24. The summed E-state index contributed by atoms with van der Waals surface area (Å²) in [5.74, 6) is 1.12. The molecule has 0 aliphatic rings. The second-order valence-electron chi connectivity index (χ2n) is 4.85. The van der Waals surface area contributed by atoms with Crippen LogP contribution in [0.3, 0.4) is 0 Å². The Balaban J connectivity index is 2.03. The van der Waals surface area contributed by atoms with Crippen LogP contribution in [-0.4, -0.2) is 29.1 Å². The highest BCUT2D eigenvalue weighted by atomic mass is 32.2. The van der Waals surface area contributed by atoms with Gasteiger partial charge in [0.1, 0.15) is 17.8 Å². The first-order valence-corrected chi connectivity index (χ1v) is 9.02. The van der Waals surface area contributed by atoms with E-state index in [9.17, 15) is 9.35 Å². The number of ether oxygens (including phenoxy) is 2. The van der Waals surface area contributed by atoms with Gasteiger partial charge in [0.25, 0.3) is 0 Å². The lowest BCUT2D eigenvalue weighted by Crippen LogP contribution is -2.34. The second kappa shape index (κ2) is 8.56. The molecule has 1 atom stereocenters. The molecular formula is C16H17N3O4S2. The number of nitrogens with one attached hydrogen (secondary N) is 2. The zero-order valence-electron chi connectivity index (χ0n) is 13.6. The number of nitrogens with two attached hydrogens (primary N) is 1. The molecule has 0 bridgehead atoms. The summed E-state index contributed by atoms with van der Waals surface area (Å²) in [5, 5.41) is 5.18. The van der Waals surface area contributed by atoms with E-state index in [1.165, 1.54) is 7.11 Å². The summed E-state index contributed by atoms with van der Waals surface area (Å²) >= 11 is 3.94. The summed E-state index contributed by atoms with van der Waals surface area (Å²) < 4.78 is 21.5. The number of rotatable bonds is 4. The third-order valence-corrected chi connectivity index (χ3v) is 4.20. The predicted octanol–water partition coefficient (Wildman–Crippen LogP) is 2.85. The molecule has 7 nitrogen and oxygen atoms in total. The van der Waals surface area contributed by atoms with Crippen molar-refractivity contribution in [3.05, 3.63) is 42.5 Å². The minimum Gasteiger partial charge on any atom is -0.612 e. The van der Waals surface area contributed by atoms with Crippen molar-refractivity contribution in [2.75, 3.05) is 24.4 Å². The van der Waals surface area contributed by atoms with Crippen LogP contribution in [0.4, 0.5) is 16.2 Å². The molecule has 0 fully saturated rings. The highest BCUT2D eigenvalue weighted by Crippen LogP contribution is 2.28. The Hall–Kier alpha value is -2.49. The van der Waals surface area contributed by atoms with Crippen molar-refractivity contribution in [3.63, 3.8) is 0 Å². The Morgan fingerprint density at radius 1 is 1.20 bits per heavy atom. The van der Waals surface area contributed by atoms with Gasteiger partial charge in [0, 0.05) is 6.07 Å². The van der Waals surface area contributed by atoms with Gasteiger partial charge in [0.15, 0.2) is 10.0 Å². The van der Waals surface area contributed by atoms with E-state index < -0.39 is 17.3 Å². The Morgan fingerprint density at radius 3 is 2.40 bits per heavy atom. The van der Waals surface area contributed by atoms with E-state index in [1.807, 2.05) is 0 Å². The standard InChI is InChI=1S/C16H17N3O4S2/c1-22-16(20)19-15(24)18-14-8-5-11(9-13(14)17)23-10-3-6-12(7-4-10)25(2)21/h3-9H,17H2,1-2H3,(H2,18,19,20,24). The maximum atomic E-state index is 11.4. The summed E-state index contributed by atoms with van der Waals surface area (Å²) in [6.07, 6.45) is 0.939. The van der Waals surface area contributed by atoms with Crippen molar-refractivity contribution in [2.45, 2.75) is 4.90 Å². The van der Waals surface area contributed by atoms with Crippen molar-refractivity contribution in [1.82, 2.24) is 5.32 Å². The Kier molecular flexibility index (Phi) is 6.45. The molecule has 2 aromatic carbocycles. The summed E-state index contributed by atoms with van der Waals surface area (Å²) in [6.45, 7) is 0. The summed E-state index contributed by atoms with van der Waals surface area (Å²) in [5.41, 5.74) is 6.87. The first-order chi connectivity index (χ1) is 11.9. The highest BCUT2D eigenvalue weighted by Gasteiger charge is 2.08. The fourth-order valence-corrected chi connectivity index (χ4v) is 2.56. The van der Waals surface area contributed by atoms with Crippen molar-refractivity contribution in [1.29, 1.82) is 0 Å². The van der Waals surface area contributed by atoms with Crippen LogP contribution in [-0.2, 0) is 15.9 Å². The van der Waals surface area contributed by atoms with Crippen molar-refractivity contribution < 1.29 is 18.8 Å². The molecule has 2 rings (SSSR count). The number of alkyl carbamates (subject to hydrolysis) is 1. The normalized spacial score (nSPS) is 11.3. The average Bonchev–Trinajstić information content (AvgIpc) is 2.57. The molecule has 0 radical (unpaired) electrons. The van der Waals surface area contributed by atoms with E-state index in [0.29, 0.717) is 22.9 Å². The van der Waals surface area contributed by atoms with Gasteiger partial charge in [-0.3, -0.25) is 5.32 Å². The number of carbonyl (C=O) groups excluding carboxylic acids is 1. The molecule has 0 saturated heterocycles. The largest absolute Gasteiger partial charge is 0.612 e. The van der Waals surface area contributed by atoms with Crippen LogP contribution in [0.5, 0.6) is 11.5 Å².